The third kappa shape index (κ3) is 6.73. The lowest BCUT2D eigenvalue weighted by Crippen LogP contribution is -2.48. The molecule has 3 rings (SSSR count). The molecule has 1 heterocycles. The van der Waals surface area contributed by atoms with Crippen LogP contribution in [0.1, 0.15) is 37.3 Å². The highest BCUT2D eigenvalue weighted by atomic mass is 16.5. The number of carbonyl (C=O) groups is 3. The summed E-state index contributed by atoms with van der Waals surface area (Å²) in [6, 6.07) is 18.8. The molecule has 1 aliphatic rings. The SMILES string of the molecule is C[C@@H](OCc1ccccc1)[C@H](CC(=O)C1(CO)CCNC(=O)C1)C(=O)OCc1ccccc1. The van der Waals surface area contributed by atoms with E-state index in [1.807, 2.05) is 60.7 Å². The molecule has 1 aliphatic heterocycles. The number of amides is 1. The number of esters is 1. The van der Waals surface area contributed by atoms with E-state index < -0.39 is 30.0 Å². The fourth-order valence-electron chi connectivity index (χ4n) is 3.97. The molecule has 1 fully saturated rings. The Morgan fingerprint density at radius 2 is 1.64 bits per heavy atom. The van der Waals surface area contributed by atoms with Gasteiger partial charge in [0.15, 0.2) is 0 Å². The molecule has 0 radical (unpaired) electrons. The Kier molecular flexibility index (Phi) is 8.74. The van der Waals surface area contributed by atoms with Crippen molar-refractivity contribution in [1.29, 1.82) is 0 Å². The van der Waals surface area contributed by atoms with Crippen molar-refractivity contribution in [1.82, 2.24) is 5.32 Å². The Labute approximate surface area is 194 Å². The van der Waals surface area contributed by atoms with Crippen LogP contribution in [0.25, 0.3) is 0 Å². The van der Waals surface area contributed by atoms with Crippen LogP contribution in [0.3, 0.4) is 0 Å². The molecule has 7 nitrogen and oxygen atoms in total. The number of aliphatic hydroxyl groups excluding tert-OH is 1. The van der Waals surface area contributed by atoms with Crippen LogP contribution in [-0.4, -0.2) is 42.0 Å². The van der Waals surface area contributed by atoms with Gasteiger partial charge in [0.25, 0.3) is 0 Å². The van der Waals surface area contributed by atoms with Gasteiger partial charge in [-0.25, -0.2) is 0 Å². The van der Waals surface area contributed by atoms with Gasteiger partial charge in [-0.3, -0.25) is 14.4 Å². The molecule has 0 saturated carbocycles. The molecule has 33 heavy (non-hydrogen) atoms. The topological polar surface area (TPSA) is 102 Å². The van der Waals surface area contributed by atoms with Crippen molar-refractivity contribution >= 4 is 17.7 Å². The van der Waals surface area contributed by atoms with E-state index in [4.69, 9.17) is 9.47 Å². The fraction of sp³-hybridized carbons (Fsp3) is 0.423. The van der Waals surface area contributed by atoms with Gasteiger partial charge in [0.2, 0.25) is 5.91 Å². The first kappa shape index (κ1) is 24.6. The zero-order chi connectivity index (χ0) is 23.7. The molecule has 7 heteroatoms. The van der Waals surface area contributed by atoms with Gasteiger partial charge >= 0.3 is 5.97 Å². The number of piperidine rings is 1. The van der Waals surface area contributed by atoms with E-state index >= 15 is 0 Å². The highest BCUT2D eigenvalue weighted by Crippen LogP contribution is 2.33. The lowest BCUT2D eigenvalue weighted by atomic mass is 9.73. The summed E-state index contributed by atoms with van der Waals surface area (Å²) in [7, 11) is 0. The number of hydrogen-bond donors (Lipinski definition) is 2. The van der Waals surface area contributed by atoms with Crippen molar-refractivity contribution < 1.29 is 29.0 Å². The predicted octanol–water partition coefficient (Wildman–Crippen LogP) is 2.80. The van der Waals surface area contributed by atoms with Crippen molar-refractivity contribution in [3.8, 4) is 0 Å². The Bertz CT molecular complexity index is 932. The summed E-state index contributed by atoms with van der Waals surface area (Å²) in [5.74, 6) is -2.00. The van der Waals surface area contributed by atoms with Crippen LogP contribution in [0.5, 0.6) is 0 Å². The summed E-state index contributed by atoms with van der Waals surface area (Å²) in [4.78, 5) is 38.2. The second-order valence-electron chi connectivity index (χ2n) is 8.54. The first-order valence-electron chi connectivity index (χ1n) is 11.2. The summed E-state index contributed by atoms with van der Waals surface area (Å²) in [5, 5.41) is 12.7. The molecule has 176 valence electrons. The van der Waals surface area contributed by atoms with E-state index in [9.17, 15) is 19.5 Å². The second-order valence-corrected chi connectivity index (χ2v) is 8.54. The molecule has 0 bridgehead atoms. The lowest BCUT2D eigenvalue weighted by molar-refractivity contribution is -0.159. The molecule has 1 saturated heterocycles. The maximum Gasteiger partial charge on any atom is 0.312 e. The molecule has 2 aromatic carbocycles. The number of rotatable bonds is 11. The van der Waals surface area contributed by atoms with Gasteiger partial charge in [-0.15, -0.1) is 0 Å². The van der Waals surface area contributed by atoms with Crippen molar-refractivity contribution in [3.63, 3.8) is 0 Å². The van der Waals surface area contributed by atoms with E-state index in [0.717, 1.165) is 11.1 Å². The van der Waals surface area contributed by atoms with E-state index in [2.05, 4.69) is 5.32 Å². The average Bonchev–Trinajstić information content (AvgIpc) is 2.85. The van der Waals surface area contributed by atoms with E-state index in [1.54, 1.807) is 6.92 Å². The smallest absolute Gasteiger partial charge is 0.312 e. The molecule has 3 atom stereocenters. The highest BCUT2D eigenvalue weighted by molar-refractivity contribution is 5.93. The van der Waals surface area contributed by atoms with Gasteiger partial charge in [0, 0.05) is 19.4 Å². The first-order valence-corrected chi connectivity index (χ1v) is 11.2. The first-order chi connectivity index (χ1) is 15.9. The van der Waals surface area contributed by atoms with Gasteiger partial charge < -0.3 is 19.9 Å². The Balaban J connectivity index is 1.72. The summed E-state index contributed by atoms with van der Waals surface area (Å²) in [5.41, 5.74) is 0.604. The number of aliphatic hydroxyl groups is 1. The minimum atomic E-state index is -1.18. The molecule has 0 aliphatic carbocycles. The van der Waals surface area contributed by atoms with E-state index in [1.165, 1.54) is 0 Å². The average molecular weight is 454 g/mol. The number of Topliss-reactive ketones (excluding diaryl/α,β-unsaturated/α-hetero) is 1. The van der Waals surface area contributed by atoms with Gasteiger partial charge in [0.05, 0.1) is 30.7 Å². The monoisotopic (exact) mass is 453 g/mol. The second kappa shape index (κ2) is 11.7. The molecule has 0 spiro atoms. The normalized spacial score (nSPS) is 19.9. The maximum atomic E-state index is 13.3. The number of nitrogens with one attached hydrogen (secondary N) is 1. The zero-order valence-corrected chi connectivity index (χ0v) is 18.9. The largest absolute Gasteiger partial charge is 0.461 e. The minimum Gasteiger partial charge on any atom is -0.461 e. The fourth-order valence-corrected chi connectivity index (χ4v) is 3.97. The summed E-state index contributed by atoms with van der Waals surface area (Å²) in [6.07, 6.45) is -0.533. The molecule has 2 aromatic rings. The summed E-state index contributed by atoms with van der Waals surface area (Å²) < 4.78 is 11.5. The maximum absolute atomic E-state index is 13.3. The van der Waals surface area contributed by atoms with Crippen LogP contribution in [0.4, 0.5) is 0 Å². The van der Waals surface area contributed by atoms with E-state index in [-0.39, 0.29) is 37.7 Å². The molecule has 1 amide bonds. The summed E-state index contributed by atoms with van der Waals surface area (Å²) >= 11 is 0. The van der Waals surface area contributed by atoms with Crippen LogP contribution in [-0.2, 0) is 37.1 Å². The molecule has 2 N–H and O–H groups in total. The van der Waals surface area contributed by atoms with Crippen LogP contribution in [0.2, 0.25) is 0 Å². The standard InChI is InChI=1S/C26H31NO6/c1-19(32-16-20-8-4-2-5-9-20)22(25(31)33-17-21-10-6-3-7-11-21)14-23(29)26(18-28)12-13-27-24(30)15-26/h2-11,19,22,28H,12-18H2,1H3,(H,27,30)/t19-,22+,26?/m1/s1. The molecule has 0 aromatic heterocycles. The zero-order valence-electron chi connectivity index (χ0n) is 18.9. The predicted molar refractivity (Wildman–Crippen MR) is 122 cm³/mol. The van der Waals surface area contributed by atoms with Gasteiger partial charge in [-0.1, -0.05) is 60.7 Å². The number of benzene rings is 2. The number of carbonyl (C=O) groups excluding carboxylic acids is 3. The quantitative estimate of drug-likeness (QED) is 0.508. The van der Waals surface area contributed by atoms with Crippen molar-refractivity contribution in [3.05, 3.63) is 71.8 Å². The third-order valence-electron chi connectivity index (χ3n) is 6.17. The number of ether oxygens (including phenoxy) is 2. The van der Waals surface area contributed by atoms with Crippen LogP contribution >= 0.6 is 0 Å². The number of hydrogen-bond acceptors (Lipinski definition) is 6. The molecular weight excluding hydrogens is 422 g/mol. The van der Waals surface area contributed by atoms with Gasteiger partial charge in [-0.2, -0.15) is 0 Å². The molecular formula is C26H31NO6. The van der Waals surface area contributed by atoms with Crippen LogP contribution in [0, 0.1) is 11.3 Å². The minimum absolute atomic E-state index is 0.0866. The Morgan fingerprint density at radius 1 is 1.03 bits per heavy atom. The van der Waals surface area contributed by atoms with Crippen LogP contribution in [0.15, 0.2) is 60.7 Å². The highest BCUT2D eigenvalue weighted by Gasteiger charge is 2.44. The van der Waals surface area contributed by atoms with Crippen molar-refractivity contribution in [2.24, 2.45) is 11.3 Å². The Hall–Kier alpha value is -3.03. The van der Waals surface area contributed by atoms with E-state index in [0.29, 0.717) is 13.0 Å². The lowest BCUT2D eigenvalue weighted by Gasteiger charge is -2.35. The third-order valence-corrected chi connectivity index (χ3v) is 6.17. The molecule has 1 unspecified atom stereocenters. The van der Waals surface area contributed by atoms with Crippen LogP contribution < -0.4 is 5.32 Å². The van der Waals surface area contributed by atoms with Gasteiger partial charge in [0.1, 0.15) is 12.4 Å². The summed E-state index contributed by atoms with van der Waals surface area (Å²) in [6.45, 7) is 1.98. The number of ketones is 1. The van der Waals surface area contributed by atoms with Crippen molar-refractivity contribution in [2.45, 2.75) is 45.5 Å². The van der Waals surface area contributed by atoms with Gasteiger partial charge in [-0.05, 0) is 24.5 Å². The van der Waals surface area contributed by atoms with Crippen molar-refractivity contribution in [2.75, 3.05) is 13.2 Å². The Morgan fingerprint density at radius 3 is 2.21 bits per heavy atom.